The molecule has 2 amide bonds. The summed E-state index contributed by atoms with van der Waals surface area (Å²) in [5, 5.41) is 12.8. The number of pyridine rings is 1. The van der Waals surface area contributed by atoms with Gasteiger partial charge in [-0.2, -0.15) is 0 Å². The number of halogens is 1. The fourth-order valence-corrected chi connectivity index (χ4v) is 4.10. The number of hydrogen-bond acceptors (Lipinski definition) is 6. The van der Waals surface area contributed by atoms with Crippen LogP contribution in [0.5, 0.6) is 0 Å². The highest BCUT2D eigenvalue weighted by atomic mass is 19.1. The molecule has 0 bridgehead atoms. The van der Waals surface area contributed by atoms with Crippen LogP contribution in [0, 0.1) is 0 Å². The molecule has 0 aliphatic carbocycles. The fourth-order valence-electron chi connectivity index (χ4n) is 4.10. The highest BCUT2D eigenvalue weighted by molar-refractivity contribution is 6.07. The summed E-state index contributed by atoms with van der Waals surface area (Å²) in [7, 11) is 1.57. The van der Waals surface area contributed by atoms with Crippen molar-refractivity contribution in [3.8, 4) is 0 Å². The van der Waals surface area contributed by atoms with Gasteiger partial charge < -0.3 is 29.5 Å². The molecule has 1 atom stereocenters. The predicted molar refractivity (Wildman–Crippen MR) is 125 cm³/mol. The molecule has 1 aromatic carbocycles. The lowest BCUT2D eigenvalue weighted by molar-refractivity contribution is -0.0159. The lowest BCUT2D eigenvalue weighted by Crippen LogP contribution is -2.42. The number of hydrogen-bond donors (Lipinski definition) is 2. The summed E-state index contributed by atoms with van der Waals surface area (Å²) in [6.45, 7) is 4.77. The van der Waals surface area contributed by atoms with E-state index in [2.05, 4.69) is 5.32 Å². The second-order valence-electron chi connectivity index (χ2n) is 9.22. The summed E-state index contributed by atoms with van der Waals surface area (Å²) in [6, 6.07) is 6.50. The number of benzene rings is 1. The van der Waals surface area contributed by atoms with Crippen molar-refractivity contribution in [1.29, 1.82) is 0 Å². The van der Waals surface area contributed by atoms with Crippen LogP contribution in [0.2, 0.25) is 0 Å². The first kappa shape index (κ1) is 23.9. The van der Waals surface area contributed by atoms with Gasteiger partial charge in [-0.25, -0.2) is 4.39 Å². The zero-order valence-electron chi connectivity index (χ0n) is 19.5. The lowest BCUT2D eigenvalue weighted by Gasteiger charge is -2.31. The minimum Gasteiger partial charge on any atom is -0.387 e. The van der Waals surface area contributed by atoms with Crippen LogP contribution < -0.4 is 15.8 Å². The Bertz CT molecular complexity index is 1170. The molecule has 2 aliphatic rings. The van der Waals surface area contributed by atoms with Crippen LogP contribution in [0.1, 0.15) is 40.1 Å². The van der Waals surface area contributed by atoms with Crippen LogP contribution in [-0.2, 0) is 18.3 Å². The van der Waals surface area contributed by atoms with E-state index < -0.39 is 23.2 Å². The quantitative estimate of drug-likeness (QED) is 0.661. The first-order chi connectivity index (χ1) is 16.1. The first-order valence-corrected chi connectivity index (χ1v) is 11.2. The molecule has 4 rings (SSSR count). The molecule has 2 N–H and O–H groups in total. The maximum Gasteiger partial charge on any atom is 0.263 e. The minimum atomic E-state index is -1.61. The first-order valence-electron chi connectivity index (χ1n) is 11.2. The van der Waals surface area contributed by atoms with Crippen molar-refractivity contribution < 1.29 is 23.8 Å². The number of carbonyl (C=O) groups excluding carboxylic acids is 2. The van der Waals surface area contributed by atoms with Crippen LogP contribution in [0.15, 0.2) is 35.3 Å². The summed E-state index contributed by atoms with van der Waals surface area (Å²) >= 11 is 0. The van der Waals surface area contributed by atoms with E-state index in [9.17, 15) is 23.9 Å². The van der Waals surface area contributed by atoms with Gasteiger partial charge in [-0.3, -0.25) is 14.4 Å². The Balaban J connectivity index is 1.68. The van der Waals surface area contributed by atoms with Gasteiger partial charge in [0.15, 0.2) is 0 Å². The smallest absolute Gasteiger partial charge is 0.263 e. The molecule has 2 aliphatic heterocycles. The summed E-state index contributed by atoms with van der Waals surface area (Å²) in [4.78, 5) is 41.8. The highest BCUT2D eigenvalue weighted by Gasteiger charge is 2.35. The van der Waals surface area contributed by atoms with E-state index in [-0.39, 0.29) is 24.6 Å². The van der Waals surface area contributed by atoms with Crippen molar-refractivity contribution >= 4 is 23.2 Å². The molecule has 10 heteroatoms. The maximum absolute atomic E-state index is 14.5. The number of aryl methyl sites for hydroxylation is 1. The molecule has 1 aromatic heterocycles. The van der Waals surface area contributed by atoms with E-state index in [0.29, 0.717) is 48.8 Å². The zero-order valence-corrected chi connectivity index (χ0v) is 19.5. The number of morpholine rings is 1. The third kappa shape index (κ3) is 4.69. The van der Waals surface area contributed by atoms with Gasteiger partial charge in [-0.1, -0.05) is 0 Å². The topological polar surface area (TPSA) is 104 Å². The Morgan fingerprint density at radius 2 is 1.97 bits per heavy atom. The SMILES string of the molecule is Cn1cccc(C(=O)Nc2cc3c(cc2N2CCOCC2)C(=O)N(C[C@@H](F)C(C)(C)O)C3)c1=O. The molecule has 0 radical (unpaired) electrons. The van der Waals surface area contributed by atoms with Gasteiger partial charge >= 0.3 is 0 Å². The molecule has 2 aromatic rings. The van der Waals surface area contributed by atoms with E-state index >= 15 is 0 Å². The number of alkyl halides is 1. The Labute approximate surface area is 196 Å². The Morgan fingerprint density at radius 3 is 2.65 bits per heavy atom. The maximum atomic E-state index is 14.5. The van der Waals surface area contributed by atoms with Gasteiger partial charge in [0, 0.05) is 38.4 Å². The Kier molecular flexibility index (Phi) is 6.46. The van der Waals surface area contributed by atoms with Crippen molar-refractivity contribution in [2.75, 3.05) is 43.1 Å². The predicted octanol–water partition coefficient (Wildman–Crippen LogP) is 1.54. The number of aliphatic hydroxyl groups is 1. The minimum absolute atomic E-state index is 0.00146. The molecular formula is C24H29FN4O5. The third-order valence-electron chi connectivity index (χ3n) is 6.22. The third-order valence-corrected chi connectivity index (χ3v) is 6.22. The average Bonchev–Trinajstić information content (AvgIpc) is 3.09. The largest absolute Gasteiger partial charge is 0.387 e. The van der Waals surface area contributed by atoms with Gasteiger partial charge in [-0.15, -0.1) is 0 Å². The average molecular weight is 473 g/mol. The van der Waals surface area contributed by atoms with Gasteiger partial charge in [0.25, 0.3) is 17.4 Å². The number of anilines is 2. The van der Waals surface area contributed by atoms with E-state index in [1.807, 2.05) is 4.90 Å². The Hall–Kier alpha value is -3.24. The monoisotopic (exact) mass is 472 g/mol. The van der Waals surface area contributed by atoms with Crippen molar-refractivity contribution in [2.24, 2.45) is 7.05 Å². The highest BCUT2D eigenvalue weighted by Crippen LogP contribution is 2.35. The normalized spacial score (nSPS) is 17.0. The number of nitrogens with zero attached hydrogens (tertiary/aromatic N) is 3. The van der Waals surface area contributed by atoms with Gasteiger partial charge in [0.1, 0.15) is 11.7 Å². The lowest BCUT2D eigenvalue weighted by atomic mass is 10.0. The summed E-state index contributed by atoms with van der Waals surface area (Å²) < 4.78 is 21.2. The molecule has 34 heavy (non-hydrogen) atoms. The standard InChI is InChI=1S/C24H29FN4O5/c1-24(2,33)20(25)14-29-13-15-11-18(26-21(30)16-5-4-6-27(3)22(16)31)19(12-17(15)23(29)32)28-7-9-34-10-8-28/h4-6,11-12,20,33H,7-10,13-14H2,1-3H3,(H,26,30)/t20-/m1/s1. The molecule has 182 valence electrons. The summed E-state index contributed by atoms with van der Waals surface area (Å²) in [5.74, 6) is -0.881. The number of ether oxygens (including phenoxy) is 1. The van der Waals surface area contributed by atoms with E-state index in [1.54, 1.807) is 31.4 Å². The number of amides is 2. The number of aromatic nitrogens is 1. The second kappa shape index (κ2) is 9.19. The Morgan fingerprint density at radius 1 is 1.26 bits per heavy atom. The van der Waals surface area contributed by atoms with E-state index in [1.165, 1.54) is 29.4 Å². The number of nitrogens with one attached hydrogen (secondary N) is 1. The van der Waals surface area contributed by atoms with Gasteiger partial charge in [-0.05, 0) is 43.7 Å². The summed E-state index contributed by atoms with van der Waals surface area (Å²) in [6.07, 6.45) is -0.0439. The van der Waals surface area contributed by atoms with Gasteiger partial charge in [0.2, 0.25) is 0 Å². The fraction of sp³-hybridized carbons (Fsp3) is 0.458. The molecule has 3 heterocycles. The summed E-state index contributed by atoms with van der Waals surface area (Å²) in [5.41, 5.74) is 0.176. The molecule has 1 fully saturated rings. The van der Waals surface area contributed by atoms with Crippen LogP contribution >= 0.6 is 0 Å². The van der Waals surface area contributed by atoms with Crippen LogP contribution in [0.25, 0.3) is 0 Å². The second-order valence-corrected chi connectivity index (χ2v) is 9.22. The van der Waals surface area contributed by atoms with E-state index in [0.717, 1.165) is 0 Å². The van der Waals surface area contributed by atoms with E-state index in [4.69, 9.17) is 4.74 Å². The van der Waals surface area contributed by atoms with Crippen molar-refractivity contribution in [2.45, 2.75) is 32.2 Å². The molecular weight excluding hydrogens is 443 g/mol. The van der Waals surface area contributed by atoms with Crippen LogP contribution in [0.3, 0.4) is 0 Å². The van der Waals surface area contributed by atoms with Crippen LogP contribution in [-0.4, -0.2) is 71.0 Å². The number of rotatable bonds is 6. The number of fused-ring (bicyclic) bond motifs is 1. The van der Waals surface area contributed by atoms with Crippen molar-refractivity contribution in [1.82, 2.24) is 9.47 Å². The van der Waals surface area contributed by atoms with Crippen molar-refractivity contribution in [3.05, 3.63) is 57.5 Å². The molecule has 0 spiro atoms. The molecule has 9 nitrogen and oxygen atoms in total. The zero-order chi connectivity index (χ0) is 24.6. The molecule has 0 saturated carbocycles. The van der Waals surface area contributed by atoms with Crippen molar-refractivity contribution in [3.63, 3.8) is 0 Å². The van der Waals surface area contributed by atoms with Gasteiger partial charge in [0.05, 0.1) is 36.7 Å². The number of carbonyl (C=O) groups is 2. The molecule has 0 unspecified atom stereocenters. The molecule has 1 saturated heterocycles. The van der Waals surface area contributed by atoms with Crippen LogP contribution in [0.4, 0.5) is 15.8 Å².